The quantitative estimate of drug-likeness (QED) is 0.399. The van der Waals surface area contributed by atoms with Gasteiger partial charge < -0.3 is 14.8 Å². The number of ether oxygens (including phenoxy) is 2. The van der Waals surface area contributed by atoms with Crippen molar-refractivity contribution in [3.05, 3.63) is 90.3 Å². The summed E-state index contributed by atoms with van der Waals surface area (Å²) in [6.45, 7) is 2.53. The van der Waals surface area contributed by atoms with Gasteiger partial charge >= 0.3 is 6.36 Å². The third-order valence-electron chi connectivity index (χ3n) is 5.33. The van der Waals surface area contributed by atoms with E-state index in [9.17, 15) is 13.2 Å². The molecule has 4 aromatic rings. The number of aromatic nitrogens is 3. The van der Waals surface area contributed by atoms with Gasteiger partial charge in [0, 0.05) is 11.3 Å². The van der Waals surface area contributed by atoms with Gasteiger partial charge in [-0.1, -0.05) is 29.8 Å². The van der Waals surface area contributed by atoms with Gasteiger partial charge in [-0.05, 0) is 61.0 Å². The molecule has 0 saturated heterocycles. The largest absolute Gasteiger partial charge is 0.573 e. The van der Waals surface area contributed by atoms with E-state index in [0.717, 1.165) is 16.8 Å². The summed E-state index contributed by atoms with van der Waals surface area (Å²) >= 11 is 0. The van der Waals surface area contributed by atoms with E-state index in [2.05, 4.69) is 49.4 Å². The lowest BCUT2D eigenvalue weighted by atomic mass is 10.1. The Morgan fingerprint density at radius 2 is 1.69 bits per heavy atom. The Hall–Kier alpha value is -4.34. The Morgan fingerprint density at radius 1 is 0.971 bits per heavy atom. The summed E-state index contributed by atoms with van der Waals surface area (Å²) in [7, 11) is 0. The van der Waals surface area contributed by atoms with Gasteiger partial charge in [0.1, 0.15) is 24.7 Å². The highest BCUT2D eigenvalue weighted by Crippen LogP contribution is 2.26. The van der Waals surface area contributed by atoms with Crippen LogP contribution in [0.4, 0.5) is 18.9 Å². The molecule has 0 fully saturated rings. The zero-order valence-electron chi connectivity index (χ0n) is 18.5. The first-order chi connectivity index (χ1) is 16.8. The van der Waals surface area contributed by atoms with Crippen LogP contribution in [0.3, 0.4) is 0 Å². The van der Waals surface area contributed by atoms with Crippen molar-refractivity contribution in [3.63, 3.8) is 0 Å². The molecule has 1 aromatic heterocycles. The van der Waals surface area contributed by atoms with E-state index in [1.165, 1.54) is 40.8 Å². The molecule has 7 nitrogen and oxygen atoms in total. The molecule has 1 atom stereocenters. The van der Waals surface area contributed by atoms with E-state index in [1.54, 1.807) is 0 Å². The lowest BCUT2D eigenvalue weighted by Gasteiger charge is -2.09. The number of alkyl halides is 3. The molecule has 1 N–H and O–H groups in total. The van der Waals surface area contributed by atoms with Crippen molar-refractivity contribution >= 4 is 11.7 Å². The topological polar surface area (TPSA) is 73.6 Å². The highest BCUT2D eigenvalue weighted by Gasteiger charge is 2.31. The number of aliphatic imine (C=N–C) groups is 1. The molecular formula is C25H20F3N5O2. The zero-order valence-corrected chi connectivity index (χ0v) is 18.5. The molecular weight excluding hydrogens is 459 g/mol. The van der Waals surface area contributed by atoms with Crippen molar-refractivity contribution in [3.8, 4) is 22.8 Å². The first-order valence-electron chi connectivity index (χ1n) is 10.7. The van der Waals surface area contributed by atoms with E-state index in [-0.39, 0.29) is 11.8 Å². The van der Waals surface area contributed by atoms with Gasteiger partial charge in [0.05, 0.1) is 5.69 Å². The molecule has 0 saturated carbocycles. The standard InChI is InChI=1S/C25H20F3N5O2/c1-16-2-4-17(5-3-16)22-14-34-24(31-22)30-19-8-6-18(7-9-19)23-29-15-33(32-23)20-10-12-21(13-11-20)35-25(26,27)28/h2-13,15,22H,14H2,1H3,(H,30,31). The smallest absolute Gasteiger partial charge is 0.462 e. The number of anilines is 1. The number of amidine groups is 1. The van der Waals surface area contributed by atoms with E-state index < -0.39 is 6.36 Å². The maximum Gasteiger partial charge on any atom is 0.573 e. The Labute approximate surface area is 198 Å². The van der Waals surface area contributed by atoms with Crippen LogP contribution < -0.4 is 10.1 Å². The van der Waals surface area contributed by atoms with Crippen LogP contribution in [0.1, 0.15) is 17.2 Å². The number of halogens is 3. The van der Waals surface area contributed by atoms with Gasteiger partial charge in [-0.3, -0.25) is 0 Å². The van der Waals surface area contributed by atoms with E-state index >= 15 is 0 Å². The molecule has 10 heteroatoms. The zero-order chi connectivity index (χ0) is 24.4. The van der Waals surface area contributed by atoms with Crippen LogP contribution in [-0.4, -0.2) is 33.8 Å². The Morgan fingerprint density at radius 3 is 2.37 bits per heavy atom. The van der Waals surface area contributed by atoms with Crippen LogP contribution in [0.25, 0.3) is 17.1 Å². The summed E-state index contributed by atoms with van der Waals surface area (Å²) in [6, 6.07) is 21.5. The average molecular weight is 479 g/mol. The Kier molecular flexibility index (Phi) is 5.86. The summed E-state index contributed by atoms with van der Waals surface area (Å²) in [4.78, 5) is 8.91. The summed E-state index contributed by atoms with van der Waals surface area (Å²) < 4.78 is 48.1. The summed E-state index contributed by atoms with van der Waals surface area (Å²) in [5, 5.41) is 7.58. The highest BCUT2D eigenvalue weighted by atomic mass is 19.4. The third kappa shape index (κ3) is 5.43. The van der Waals surface area contributed by atoms with Crippen molar-refractivity contribution in [2.75, 3.05) is 11.9 Å². The predicted molar refractivity (Wildman–Crippen MR) is 124 cm³/mol. The Bertz CT molecular complexity index is 1330. The molecule has 0 spiro atoms. The molecule has 0 bridgehead atoms. The monoisotopic (exact) mass is 479 g/mol. The first kappa shape index (κ1) is 22.5. The van der Waals surface area contributed by atoms with Gasteiger partial charge in [-0.2, -0.15) is 0 Å². The summed E-state index contributed by atoms with van der Waals surface area (Å²) in [5.74, 6) is 0.173. The predicted octanol–water partition coefficient (Wildman–Crippen LogP) is 5.68. The molecule has 2 heterocycles. The highest BCUT2D eigenvalue weighted by molar-refractivity contribution is 5.90. The van der Waals surface area contributed by atoms with E-state index in [4.69, 9.17) is 4.74 Å². The van der Waals surface area contributed by atoms with Crippen molar-refractivity contribution in [1.82, 2.24) is 14.8 Å². The van der Waals surface area contributed by atoms with Gasteiger partial charge in [0.2, 0.25) is 0 Å². The van der Waals surface area contributed by atoms with Crippen molar-refractivity contribution in [2.24, 2.45) is 4.99 Å². The average Bonchev–Trinajstić information content (AvgIpc) is 3.50. The number of hydrogen-bond acceptors (Lipinski definition) is 6. The van der Waals surface area contributed by atoms with E-state index in [1.807, 2.05) is 31.2 Å². The second kappa shape index (κ2) is 9.13. The van der Waals surface area contributed by atoms with Crippen LogP contribution in [0.2, 0.25) is 0 Å². The van der Waals surface area contributed by atoms with Crippen LogP contribution >= 0.6 is 0 Å². The molecule has 1 aliphatic rings. The number of rotatable bonds is 5. The third-order valence-corrected chi connectivity index (χ3v) is 5.33. The minimum Gasteiger partial charge on any atom is -0.462 e. The molecule has 178 valence electrons. The number of benzene rings is 3. The summed E-state index contributed by atoms with van der Waals surface area (Å²) in [6.07, 6.45) is -3.24. The van der Waals surface area contributed by atoms with Gasteiger partial charge in [-0.25, -0.2) is 14.7 Å². The maximum atomic E-state index is 12.3. The number of hydrogen-bond donors (Lipinski definition) is 1. The second-order valence-corrected chi connectivity index (χ2v) is 7.93. The van der Waals surface area contributed by atoms with Gasteiger partial charge in [0.25, 0.3) is 6.02 Å². The molecule has 1 unspecified atom stereocenters. The fourth-order valence-electron chi connectivity index (χ4n) is 3.55. The lowest BCUT2D eigenvalue weighted by Crippen LogP contribution is -2.17. The van der Waals surface area contributed by atoms with Crippen molar-refractivity contribution < 1.29 is 22.6 Å². The molecule has 0 radical (unpaired) electrons. The Balaban J connectivity index is 1.23. The van der Waals surface area contributed by atoms with Crippen LogP contribution in [0, 0.1) is 6.92 Å². The number of aryl methyl sites for hydroxylation is 1. The first-order valence-corrected chi connectivity index (χ1v) is 10.7. The fourth-order valence-corrected chi connectivity index (χ4v) is 3.55. The summed E-state index contributed by atoms with van der Waals surface area (Å²) in [5.41, 5.74) is 4.43. The normalized spacial score (nSPS) is 15.4. The SMILES string of the molecule is Cc1ccc(C2COC(Nc3ccc(-c4ncn(-c5ccc(OC(F)(F)F)cc5)n4)cc3)=N2)cc1. The molecule has 1 aliphatic heterocycles. The van der Waals surface area contributed by atoms with Gasteiger partial charge in [0.15, 0.2) is 5.82 Å². The number of nitrogens with one attached hydrogen (secondary N) is 1. The number of nitrogens with zero attached hydrogens (tertiary/aromatic N) is 4. The van der Waals surface area contributed by atoms with Crippen LogP contribution in [-0.2, 0) is 4.74 Å². The maximum absolute atomic E-state index is 12.3. The van der Waals surface area contributed by atoms with Crippen LogP contribution in [0.5, 0.6) is 5.75 Å². The molecule has 35 heavy (non-hydrogen) atoms. The lowest BCUT2D eigenvalue weighted by molar-refractivity contribution is -0.274. The van der Waals surface area contributed by atoms with E-state index in [0.29, 0.717) is 24.1 Å². The fraction of sp³-hybridized carbons (Fsp3) is 0.160. The molecule has 0 aliphatic carbocycles. The van der Waals surface area contributed by atoms with Crippen LogP contribution in [0.15, 0.2) is 84.1 Å². The molecule has 3 aromatic carbocycles. The second-order valence-electron chi connectivity index (χ2n) is 7.93. The molecule has 0 amide bonds. The minimum absolute atomic E-state index is 0.0420. The van der Waals surface area contributed by atoms with Crippen molar-refractivity contribution in [1.29, 1.82) is 0 Å². The van der Waals surface area contributed by atoms with Crippen molar-refractivity contribution in [2.45, 2.75) is 19.3 Å². The minimum atomic E-state index is -4.73. The molecule has 5 rings (SSSR count). The van der Waals surface area contributed by atoms with Gasteiger partial charge in [-0.15, -0.1) is 18.3 Å².